The highest BCUT2D eigenvalue weighted by atomic mass is 79.9. The molecule has 144 valence electrons. The quantitative estimate of drug-likeness (QED) is 0.530. The van der Waals surface area contributed by atoms with Crippen molar-refractivity contribution in [2.24, 2.45) is 0 Å². The number of anilines is 1. The predicted molar refractivity (Wildman–Crippen MR) is 114 cm³/mol. The van der Waals surface area contributed by atoms with Crippen molar-refractivity contribution >= 4 is 44.9 Å². The Morgan fingerprint density at radius 3 is 2.71 bits per heavy atom. The van der Waals surface area contributed by atoms with E-state index in [0.29, 0.717) is 44.0 Å². The number of methoxy groups -OCH3 is 1. The molecule has 28 heavy (non-hydrogen) atoms. The Kier molecular flexibility index (Phi) is 5.47. The first kappa shape index (κ1) is 19.5. The summed E-state index contributed by atoms with van der Waals surface area (Å²) < 4.78 is 5.94. The molecule has 0 saturated heterocycles. The van der Waals surface area contributed by atoms with Crippen LogP contribution >= 0.6 is 39.1 Å². The summed E-state index contributed by atoms with van der Waals surface area (Å²) in [4.78, 5) is 9.14. The van der Waals surface area contributed by atoms with Gasteiger partial charge < -0.3 is 15.2 Å². The average Bonchev–Trinajstić information content (AvgIpc) is 2.98. The molecule has 0 aliphatic heterocycles. The molecule has 4 rings (SSSR count). The van der Waals surface area contributed by atoms with E-state index >= 15 is 0 Å². The van der Waals surface area contributed by atoms with Gasteiger partial charge in [0.05, 0.1) is 24.3 Å². The third-order valence-corrected chi connectivity index (χ3v) is 5.80. The van der Waals surface area contributed by atoms with E-state index in [4.69, 9.17) is 27.9 Å². The zero-order chi connectivity index (χ0) is 19.8. The second-order valence-corrected chi connectivity index (χ2v) is 8.03. The zero-order valence-corrected chi connectivity index (χ0v) is 17.9. The number of halogens is 3. The first-order valence-corrected chi connectivity index (χ1v) is 10.1. The molecule has 2 unspecified atom stereocenters. The third kappa shape index (κ3) is 3.57. The van der Waals surface area contributed by atoms with Crippen LogP contribution in [0.1, 0.15) is 17.2 Å². The Morgan fingerprint density at radius 1 is 1.18 bits per heavy atom. The van der Waals surface area contributed by atoms with E-state index in [-0.39, 0.29) is 6.04 Å². The molecule has 2 atom stereocenters. The molecule has 0 saturated carbocycles. The number of hydrogen-bond donors (Lipinski definition) is 2. The molecule has 1 aliphatic rings. The van der Waals surface area contributed by atoms with E-state index in [1.54, 1.807) is 18.2 Å². The van der Waals surface area contributed by atoms with Gasteiger partial charge in [0.25, 0.3) is 0 Å². The maximum Gasteiger partial charge on any atom is 0.242 e. The molecular formula is C20H16BrCl2N3O2. The van der Waals surface area contributed by atoms with Gasteiger partial charge in [-0.15, -0.1) is 0 Å². The number of fused-ring (bicyclic) bond motifs is 1. The summed E-state index contributed by atoms with van der Waals surface area (Å²) in [6.45, 7) is 0. The first-order chi connectivity index (χ1) is 13.5. The Labute approximate surface area is 180 Å². The van der Waals surface area contributed by atoms with Gasteiger partial charge in [-0.3, -0.25) is 0 Å². The largest absolute Gasteiger partial charge is 0.479 e. The van der Waals surface area contributed by atoms with Crippen molar-refractivity contribution in [2.75, 3.05) is 12.4 Å². The summed E-state index contributed by atoms with van der Waals surface area (Å²) in [7, 11) is 1.52. The fourth-order valence-electron chi connectivity index (χ4n) is 3.39. The lowest BCUT2D eigenvalue weighted by molar-refractivity contribution is 0.165. The maximum absolute atomic E-state index is 10.5. The highest BCUT2D eigenvalue weighted by Gasteiger charge is 2.32. The lowest BCUT2D eigenvalue weighted by Gasteiger charge is -2.20. The fourth-order valence-corrected chi connectivity index (χ4v) is 4.26. The molecule has 2 aromatic carbocycles. The van der Waals surface area contributed by atoms with Gasteiger partial charge in [0.2, 0.25) is 5.88 Å². The minimum absolute atomic E-state index is 0.281. The molecule has 0 radical (unpaired) electrons. The van der Waals surface area contributed by atoms with Crippen molar-refractivity contribution in [3.05, 3.63) is 68.2 Å². The maximum atomic E-state index is 10.5. The standard InChI is InChI=1S/C20H16BrCl2N3O2/c1-28-20-17(13-7-6-11(22)9-14(13)23)24-18(21)19(26-20)25-16-12-5-3-2-4-10(12)8-15(16)27/h2-7,9,15-16,27H,8H2,1H3,(H,25,26). The monoisotopic (exact) mass is 479 g/mol. The summed E-state index contributed by atoms with van der Waals surface area (Å²) in [6, 6.07) is 12.8. The van der Waals surface area contributed by atoms with Crippen molar-refractivity contribution in [1.82, 2.24) is 9.97 Å². The summed E-state index contributed by atoms with van der Waals surface area (Å²) in [6.07, 6.45) is 0.0385. The van der Waals surface area contributed by atoms with Crippen LogP contribution in [0.25, 0.3) is 11.3 Å². The third-order valence-electron chi connectivity index (χ3n) is 4.70. The highest BCUT2D eigenvalue weighted by Crippen LogP contribution is 2.39. The number of benzene rings is 2. The van der Waals surface area contributed by atoms with Gasteiger partial charge in [-0.25, -0.2) is 4.98 Å². The van der Waals surface area contributed by atoms with Gasteiger partial charge in [0, 0.05) is 17.0 Å². The molecule has 0 fully saturated rings. The van der Waals surface area contributed by atoms with Gasteiger partial charge in [-0.2, -0.15) is 4.98 Å². The lowest BCUT2D eigenvalue weighted by atomic mass is 10.1. The second kappa shape index (κ2) is 7.87. The van der Waals surface area contributed by atoms with Crippen LogP contribution in [0.2, 0.25) is 10.0 Å². The predicted octanol–water partition coefficient (Wildman–Crippen LogP) is 5.29. The summed E-state index contributed by atoms with van der Waals surface area (Å²) in [5.74, 6) is 0.794. The van der Waals surface area contributed by atoms with E-state index in [2.05, 4.69) is 31.2 Å². The van der Waals surface area contributed by atoms with Crippen LogP contribution < -0.4 is 10.1 Å². The number of nitrogens with zero attached hydrogens (tertiary/aromatic N) is 2. The van der Waals surface area contributed by atoms with Gasteiger partial charge in [0.1, 0.15) is 10.3 Å². The SMILES string of the molecule is COc1nc(NC2c3ccccc3CC2O)c(Br)nc1-c1ccc(Cl)cc1Cl. The Balaban J connectivity index is 1.72. The minimum atomic E-state index is -0.553. The molecule has 1 heterocycles. The molecule has 0 spiro atoms. The Hall–Kier alpha value is -1.86. The highest BCUT2D eigenvalue weighted by molar-refractivity contribution is 9.10. The van der Waals surface area contributed by atoms with E-state index in [1.165, 1.54) is 7.11 Å². The Bertz CT molecular complexity index is 1050. The molecule has 0 amide bonds. The van der Waals surface area contributed by atoms with Gasteiger partial charge in [0.15, 0.2) is 5.82 Å². The fraction of sp³-hybridized carbons (Fsp3) is 0.200. The summed E-state index contributed by atoms with van der Waals surface area (Å²) in [5.41, 5.74) is 3.32. The van der Waals surface area contributed by atoms with Crippen LogP contribution in [0.15, 0.2) is 47.1 Å². The number of aliphatic hydroxyl groups is 1. The minimum Gasteiger partial charge on any atom is -0.479 e. The average molecular weight is 481 g/mol. The second-order valence-electron chi connectivity index (χ2n) is 6.44. The van der Waals surface area contributed by atoms with Gasteiger partial charge >= 0.3 is 0 Å². The molecular weight excluding hydrogens is 465 g/mol. The number of nitrogens with one attached hydrogen (secondary N) is 1. The molecule has 3 aromatic rings. The molecule has 0 bridgehead atoms. The molecule has 1 aromatic heterocycles. The van der Waals surface area contributed by atoms with E-state index in [0.717, 1.165) is 11.1 Å². The van der Waals surface area contributed by atoms with Crippen molar-refractivity contribution in [1.29, 1.82) is 0 Å². The van der Waals surface area contributed by atoms with Crippen LogP contribution in [0.5, 0.6) is 5.88 Å². The number of rotatable bonds is 4. The van der Waals surface area contributed by atoms with E-state index in [1.807, 2.05) is 24.3 Å². The van der Waals surface area contributed by atoms with Crippen molar-refractivity contribution in [3.63, 3.8) is 0 Å². The number of aliphatic hydroxyl groups excluding tert-OH is 1. The van der Waals surface area contributed by atoms with Crippen molar-refractivity contribution < 1.29 is 9.84 Å². The first-order valence-electron chi connectivity index (χ1n) is 8.57. The Morgan fingerprint density at radius 2 is 1.96 bits per heavy atom. The zero-order valence-electron chi connectivity index (χ0n) is 14.8. The van der Waals surface area contributed by atoms with Crippen LogP contribution in [-0.2, 0) is 6.42 Å². The van der Waals surface area contributed by atoms with Crippen LogP contribution in [0.3, 0.4) is 0 Å². The smallest absolute Gasteiger partial charge is 0.242 e. The molecule has 5 nitrogen and oxygen atoms in total. The van der Waals surface area contributed by atoms with Crippen LogP contribution in [0, 0.1) is 0 Å². The van der Waals surface area contributed by atoms with Crippen LogP contribution in [-0.4, -0.2) is 28.3 Å². The summed E-state index contributed by atoms with van der Waals surface area (Å²) in [5, 5.41) is 14.8. The molecule has 2 N–H and O–H groups in total. The molecule has 1 aliphatic carbocycles. The van der Waals surface area contributed by atoms with Crippen molar-refractivity contribution in [2.45, 2.75) is 18.6 Å². The van der Waals surface area contributed by atoms with E-state index < -0.39 is 6.10 Å². The molecule has 8 heteroatoms. The van der Waals surface area contributed by atoms with Crippen LogP contribution in [0.4, 0.5) is 5.82 Å². The number of aromatic nitrogens is 2. The number of hydrogen-bond acceptors (Lipinski definition) is 5. The topological polar surface area (TPSA) is 67.3 Å². The lowest BCUT2D eigenvalue weighted by Crippen LogP contribution is -2.22. The van der Waals surface area contributed by atoms with E-state index in [9.17, 15) is 5.11 Å². The normalized spacial score (nSPS) is 18.0. The number of ether oxygens (including phenoxy) is 1. The van der Waals surface area contributed by atoms with Gasteiger partial charge in [-0.1, -0.05) is 47.5 Å². The van der Waals surface area contributed by atoms with Crippen molar-refractivity contribution in [3.8, 4) is 17.1 Å². The summed E-state index contributed by atoms with van der Waals surface area (Å²) >= 11 is 15.8. The van der Waals surface area contributed by atoms with Gasteiger partial charge in [-0.05, 0) is 45.3 Å².